The van der Waals surface area contributed by atoms with Crippen LogP contribution in [0.3, 0.4) is 0 Å². The Balaban J connectivity index is 0.00000461. The average Bonchev–Trinajstić information content (AvgIpc) is 3.48. The fraction of sp³-hybridized carbons (Fsp3) is 0.281. The molecule has 0 unspecified atom stereocenters. The van der Waals surface area contributed by atoms with Crippen LogP contribution in [0.15, 0.2) is 47.5 Å². The van der Waals surface area contributed by atoms with Gasteiger partial charge in [-0.2, -0.15) is 0 Å². The van der Waals surface area contributed by atoms with Crippen LogP contribution in [0.25, 0.3) is 5.00 Å². The summed E-state index contributed by atoms with van der Waals surface area (Å²) in [5, 5.41) is 25.7. The Hall–Kier alpha value is -4.05. The van der Waals surface area contributed by atoms with E-state index in [4.69, 9.17) is 22.3 Å². The molecule has 1 aliphatic rings. The number of amides is 2. The fourth-order valence-electron chi connectivity index (χ4n) is 4.99. The van der Waals surface area contributed by atoms with Crippen molar-refractivity contribution in [3.8, 4) is 16.8 Å². The Morgan fingerprint density at radius 1 is 1.11 bits per heavy atom. The van der Waals surface area contributed by atoms with E-state index in [-0.39, 0.29) is 56.8 Å². The highest BCUT2D eigenvalue weighted by molar-refractivity contribution is 7.15. The van der Waals surface area contributed by atoms with Crippen molar-refractivity contribution in [1.29, 1.82) is 0 Å². The molecule has 2 amide bonds. The highest BCUT2D eigenvalue weighted by atomic mass is 35.5. The first-order valence-electron chi connectivity index (χ1n) is 14.1. The number of anilines is 1. The maximum Gasteiger partial charge on any atom is 0.226 e. The molecule has 0 bridgehead atoms. The number of aryl methyl sites for hydroxylation is 2. The summed E-state index contributed by atoms with van der Waals surface area (Å²) in [7, 11) is 0. The minimum atomic E-state index is -0.604. The summed E-state index contributed by atoms with van der Waals surface area (Å²) in [5.41, 5.74) is 10.9. The second-order valence-electron chi connectivity index (χ2n) is 10.3. The van der Waals surface area contributed by atoms with Gasteiger partial charge in [-0.05, 0) is 62.2 Å². The van der Waals surface area contributed by atoms with Gasteiger partial charge < -0.3 is 21.5 Å². The molecule has 2 aromatic heterocycles. The van der Waals surface area contributed by atoms with Crippen molar-refractivity contribution in [2.45, 2.75) is 46.3 Å². The van der Waals surface area contributed by atoms with Crippen LogP contribution in [-0.2, 0) is 16.2 Å². The molecule has 13 heteroatoms. The van der Waals surface area contributed by atoms with Gasteiger partial charge in [-0.25, -0.2) is 0 Å². The Kier molecular flexibility index (Phi) is 11.1. The minimum Gasteiger partial charge on any atom is -0.392 e. The summed E-state index contributed by atoms with van der Waals surface area (Å²) in [5.74, 6) is 6.40. The van der Waals surface area contributed by atoms with Gasteiger partial charge in [0.2, 0.25) is 11.8 Å². The summed E-state index contributed by atoms with van der Waals surface area (Å²) in [6, 6.07) is 12.0. The van der Waals surface area contributed by atoms with Crippen LogP contribution >= 0.6 is 35.3 Å². The van der Waals surface area contributed by atoms with Gasteiger partial charge in [0.25, 0.3) is 0 Å². The summed E-state index contributed by atoms with van der Waals surface area (Å²) in [6.07, 6.45) is 0.0822. The third kappa shape index (κ3) is 7.44. The molecule has 10 nitrogen and oxygen atoms in total. The number of hydrogen-bond acceptors (Lipinski definition) is 8. The van der Waals surface area contributed by atoms with E-state index in [1.54, 1.807) is 29.5 Å². The molecule has 3 heterocycles. The van der Waals surface area contributed by atoms with Crippen LogP contribution in [0.5, 0.6) is 0 Å². The zero-order valence-corrected chi connectivity index (χ0v) is 27.4. The molecule has 1 aliphatic heterocycles. The molecule has 4 aromatic rings. The Morgan fingerprint density at radius 2 is 1.87 bits per heavy atom. The molecule has 0 saturated heterocycles. The molecule has 1 atom stereocenters. The van der Waals surface area contributed by atoms with Gasteiger partial charge in [-0.1, -0.05) is 35.6 Å². The van der Waals surface area contributed by atoms with Gasteiger partial charge in [0.15, 0.2) is 5.82 Å². The van der Waals surface area contributed by atoms with Gasteiger partial charge in [0, 0.05) is 45.2 Å². The van der Waals surface area contributed by atoms with Crippen molar-refractivity contribution < 1.29 is 14.7 Å². The Labute approximate surface area is 276 Å². The average molecular weight is 667 g/mol. The lowest BCUT2D eigenvalue weighted by Gasteiger charge is -2.13. The predicted molar refractivity (Wildman–Crippen MR) is 180 cm³/mol. The third-order valence-corrected chi connectivity index (χ3v) is 8.74. The van der Waals surface area contributed by atoms with Crippen LogP contribution in [0.1, 0.15) is 63.2 Å². The number of carbonyl (C=O) groups is 2. The van der Waals surface area contributed by atoms with Crippen molar-refractivity contribution in [2.75, 3.05) is 18.4 Å². The van der Waals surface area contributed by atoms with Crippen molar-refractivity contribution in [1.82, 2.24) is 20.1 Å². The molecule has 2 aromatic carbocycles. The summed E-state index contributed by atoms with van der Waals surface area (Å²) in [4.78, 5) is 32.1. The van der Waals surface area contributed by atoms with Crippen LogP contribution in [-0.4, -0.2) is 50.5 Å². The molecule has 0 radical (unpaired) electrons. The van der Waals surface area contributed by atoms with E-state index in [2.05, 4.69) is 46.5 Å². The normalized spacial score (nSPS) is 13.3. The smallest absolute Gasteiger partial charge is 0.226 e. The van der Waals surface area contributed by atoms with Crippen molar-refractivity contribution in [3.63, 3.8) is 0 Å². The number of fused-ring (bicyclic) bond motifs is 3. The first-order chi connectivity index (χ1) is 21.2. The lowest BCUT2D eigenvalue weighted by Crippen LogP contribution is -2.29. The van der Waals surface area contributed by atoms with Crippen molar-refractivity contribution in [3.05, 3.63) is 91.8 Å². The van der Waals surface area contributed by atoms with E-state index in [0.29, 0.717) is 33.5 Å². The SMILES string of the molecule is Cc1sc2c(c1C)C(c1ccc(Cl)cc1)=N[C@@H](CC(=O)NCCC(=O)Nc1ccc(C#CCN)c(CO)c1)c1nnc(C)n1-2.Cl. The van der Waals surface area contributed by atoms with Gasteiger partial charge >= 0.3 is 0 Å². The number of nitrogens with one attached hydrogen (secondary N) is 2. The molecular weight excluding hydrogens is 633 g/mol. The number of aliphatic hydroxyl groups is 1. The van der Waals surface area contributed by atoms with E-state index < -0.39 is 6.04 Å². The van der Waals surface area contributed by atoms with Crippen LogP contribution < -0.4 is 16.4 Å². The van der Waals surface area contributed by atoms with Gasteiger partial charge in [-0.3, -0.25) is 19.1 Å². The minimum absolute atomic E-state index is 0. The second-order valence-corrected chi connectivity index (χ2v) is 11.9. The largest absolute Gasteiger partial charge is 0.392 e. The number of aliphatic imine (C=N–C) groups is 1. The van der Waals surface area contributed by atoms with E-state index >= 15 is 0 Å². The zero-order valence-electron chi connectivity index (χ0n) is 25.0. The molecular formula is C32H33Cl2N7O3S. The number of nitrogens with zero attached hydrogens (tertiary/aromatic N) is 4. The molecule has 0 spiro atoms. The number of rotatable bonds is 8. The Bertz CT molecular complexity index is 1820. The maximum absolute atomic E-state index is 13.2. The summed E-state index contributed by atoms with van der Waals surface area (Å²) < 4.78 is 1.99. The second kappa shape index (κ2) is 14.8. The van der Waals surface area contributed by atoms with Gasteiger partial charge in [0.05, 0.1) is 25.3 Å². The van der Waals surface area contributed by atoms with Gasteiger partial charge in [0.1, 0.15) is 16.9 Å². The lowest BCUT2D eigenvalue weighted by atomic mass is 9.99. The molecule has 234 valence electrons. The summed E-state index contributed by atoms with van der Waals surface area (Å²) >= 11 is 7.83. The van der Waals surface area contributed by atoms with Gasteiger partial charge in [-0.15, -0.1) is 33.9 Å². The quantitative estimate of drug-likeness (QED) is 0.203. The number of hydrogen-bond donors (Lipinski definition) is 4. The van der Waals surface area contributed by atoms with E-state index in [1.165, 1.54) is 0 Å². The monoisotopic (exact) mass is 665 g/mol. The molecule has 0 saturated carbocycles. The van der Waals surface area contributed by atoms with Crippen molar-refractivity contribution >= 4 is 58.6 Å². The first kappa shape index (κ1) is 33.8. The molecule has 5 rings (SSSR count). The number of nitrogens with two attached hydrogens (primary N) is 1. The van der Waals surface area contributed by atoms with E-state index in [9.17, 15) is 14.7 Å². The number of thiophene rings is 1. The Morgan fingerprint density at radius 3 is 2.58 bits per heavy atom. The van der Waals surface area contributed by atoms with E-state index in [1.807, 2.05) is 35.8 Å². The predicted octanol–water partition coefficient (Wildman–Crippen LogP) is 4.56. The highest BCUT2D eigenvalue weighted by Gasteiger charge is 2.32. The number of benzene rings is 2. The van der Waals surface area contributed by atoms with Crippen LogP contribution in [0.4, 0.5) is 5.69 Å². The lowest BCUT2D eigenvalue weighted by molar-refractivity contribution is -0.121. The molecule has 5 N–H and O–H groups in total. The van der Waals surface area contributed by atoms with Crippen LogP contribution in [0, 0.1) is 32.6 Å². The fourth-order valence-corrected chi connectivity index (χ4v) is 6.33. The van der Waals surface area contributed by atoms with Crippen LogP contribution in [0.2, 0.25) is 5.02 Å². The van der Waals surface area contributed by atoms with E-state index in [0.717, 1.165) is 32.3 Å². The number of aliphatic hydroxyl groups excluding tert-OH is 1. The first-order valence-corrected chi connectivity index (χ1v) is 15.2. The highest BCUT2D eigenvalue weighted by Crippen LogP contribution is 2.39. The number of aromatic nitrogens is 3. The summed E-state index contributed by atoms with van der Waals surface area (Å²) in [6.45, 7) is 6.15. The third-order valence-electron chi connectivity index (χ3n) is 7.29. The number of carbonyl (C=O) groups excluding carboxylic acids is 2. The molecule has 0 aliphatic carbocycles. The topological polar surface area (TPSA) is 148 Å². The zero-order chi connectivity index (χ0) is 31.4. The van der Waals surface area contributed by atoms with Crippen molar-refractivity contribution in [2.24, 2.45) is 10.7 Å². The maximum atomic E-state index is 13.2. The molecule has 0 fully saturated rings. The molecule has 45 heavy (non-hydrogen) atoms. The standard InChI is InChI=1S/C32H32ClN7O3S.ClH/c1-18-19(2)44-32-29(18)30(22-6-9-24(33)10-7-22)37-26(31-39-38-20(3)40(31)32)16-28(43)35-14-12-27(42)36-25-11-8-21(5-4-13-34)23(15-25)17-41;/h6-11,15,26,41H,12-14,16-17,34H2,1-3H3,(H,35,43)(H,36,42);1H/t26-;/m0./s1. The number of halogens is 2.